The summed E-state index contributed by atoms with van der Waals surface area (Å²) >= 11 is 0. The number of aromatic nitrogens is 2. The SMILES string of the molecule is CC(NC(=O)c1ccc(CN)cn1)c1ccncc1. The van der Waals surface area contributed by atoms with Crippen LogP contribution in [0, 0.1) is 0 Å². The number of nitrogens with two attached hydrogens (primary N) is 1. The molecule has 19 heavy (non-hydrogen) atoms. The van der Waals surface area contributed by atoms with Crippen molar-refractivity contribution < 1.29 is 4.79 Å². The van der Waals surface area contributed by atoms with Gasteiger partial charge in [-0.05, 0) is 36.2 Å². The van der Waals surface area contributed by atoms with Crippen molar-refractivity contribution in [1.29, 1.82) is 0 Å². The Labute approximate surface area is 111 Å². The molecule has 2 heterocycles. The third-order valence-electron chi connectivity index (χ3n) is 2.85. The first kappa shape index (κ1) is 13.2. The molecule has 1 unspecified atom stereocenters. The summed E-state index contributed by atoms with van der Waals surface area (Å²) < 4.78 is 0. The quantitative estimate of drug-likeness (QED) is 0.867. The Morgan fingerprint density at radius 3 is 2.63 bits per heavy atom. The molecule has 5 heteroatoms. The Morgan fingerprint density at radius 2 is 2.05 bits per heavy atom. The van der Waals surface area contributed by atoms with Crippen molar-refractivity contribution in [3.8, 4) is 0 Å². The van der Waals surface area contributed by atoms with E-state index in [-0.39, 0.29) is 11.9 Å². The summed E-state index contributed by atoms with van der Waals surface area (Å²) in [5.74, 6) is -0.201. The highest BCUT2D eigenvalue weighted by atomic mass is 16.1. The molecule has 2 aromatic heterocycles. The number of amides is 1. The molecule has 3 N–H and O–H groups in total. The number of hydrogen-bond donors (Lipinski definition) is 2. The first-order valence-corrected chi connectivity index (χ1v) is 6.06. The normalized spacial score (nSPS) is 11.9. The zero-order chi connectivity index (χ0) is 13.7. The fraction of sp³-hybridized carbons (Fsp3) is 0.214. The van der Waals surface area contributed by atoms with E-state index in [1.165, 1.54) is 0 Å². The summed E-state index contributed by atoms with van der Waals surface area (Å²) in [6, 6.07) is 7.13. The van der Waals surface area contributed by atoms with Gasteiger partial charge in [-0.25, -0.2) is 0 Å². The molecule has 0 aliphatic carbocycles. The average Bonchev–Trinajstić information content (AvgIpc) is 2.48. The third-order valence-corrected chi connectivity index (χ3v) is 2.85. The Kier molecular flexibility index (Phi) is 4.20. The van der Waals surface area contributed by atoms with Crippen LogP contribution in [-0.2, 0) is 6.54 Å². The zero-order valence-corrected chi connectivity index (χ0v) is 10.7. The smallest absolute Gasteiger partial charge is 0.270 e. The lowest BCUT2D eigenvalue weighted by Gasteiger charge is -2.13. The van der Waals surface area contributed by atoms with Crippen LogP contribution in [-0.4, -0.2) is 15.9 Å². The number of hydrogen-bond acceptors (Lipinski definition) is 4. The lowest BCUT2D eigenvalue weighted by molar-refractivity contribution is 0.0935. The van der Waals surface area contributed by atoms with E-state index in [1.54, 1.807) is 30.7 Å². The lowest BCUT2D eigenvalue weighted by atomic mass is 10.1. The van der Waals surface area contributed by atoms with Crippen LogP contribution >= 0.6 is 0 Å². The summed E-state index contributed by atoms with van der Waals surface area (Å²) in [4.78, 5) is 20.0. The van der Waals surface area contributed by atoms with E-state index in [4.69, 9.17) is 5.73 Å². The summed E-state index contributed by atoms with van der Waals surface area (Å²) in [5.41, 5.74) is 7.78. The molecule has 0 bridgehead atoms. The molecule has 0 aliphatic rings. The first-order chi connectivity index (χ1) is 9.20. The number of nitrogens with zero attached hydrogens (tertiary/aromatic N) is 2. The van der Waals surface area contributed by atoms with Gasteiger partial charge in [-0.15, -0.1) is 0 Å². The second-order valence-electron chi connectivity index (χ2n) is 4.23. The van der Waals surface area contributed by atoms with Gasteiger partial charge in [0.1, 0.15) is 5.69 Å². The number of rotatable bonds is 4. The Balaban J connectivity index is 2.04. The predicted molar refractivity (Wildman–Crippen MR) is 72.2 cm³/mol. The van der Waals surface area contributed by atoms with Gasteiger partial charge in [0, 0.05) is 25.1 Å². The van der Waals surface area contributed by atoms with Gasteiger partial charge in [-0.2, -0.15) is 0 Å². The van der Waals surface area contributed by atoms with E-state index in [9.17, 15) is 4.79 Å². The maximum atomic E-state index is 12.0. The monoisotopic (exact) mass is 256 g/mol. The molecule has 0 saturated heterocycles. The molecule has 0 fully saturated rings. The Morgan fingerprint density at radius 1 is 1.32 bits per heavy atom. The number of carbonyl (C=O) groups is 1. The number of pyridine rings is 2. The maximum absolute atomic E-state index is 12.0. The molecule has 0 saturated carbocycles. The summed E-state index contributed by atoms with van der Waals surface area (Å²) in [6.45, 7) is 2.34. The number of nitrogens with one attached hydrogen (secondary N) is 1. The molecule has 0 aromatic carbocycles. The summed E-state index contributed by atoms with van der Waals surface area (Å²) in [7, 11) is 0. The van der Waals surface area contributed by atoms with Gasteiger partial charge in [0.2, 0.25) is 0 Å². The molecule has 2 rings (SSSR count). The Hall–Kier alpha value is -2.27. The molecular formula is C14H16N4O. The van der Waals surface area contributed by atoms with E-state index < -0.39 is 0 Å². The minimum Gasteiger partial charge on any atom is -0.344 e. The third kappa shape index (κ3) is 3.35. The Bertz CT molecular complexity index is 539. The molecule has 2 aromatic rings. The van der Waals surface area contributed by atoms with Gasteiger partial charge in [0.05, 0.1) is 6.04 Å². The van der Waals surface area contributed by atoms with Crippen LogP contribution < -0.4 is 11.1 Å². The lowest BCUT2D eigenvalue weighted by Crippen LogP contribution is -2.27. The van der Waals surface area contributed by atoms with Crippen molar-refractivity contribution >= 4 is 5.91 Å². The van der Waals surface area contributed by atoms with Crippen LogP contribution in [0.2, 0.25) is 0 Å². The fourth-order valence-corrected chi connectivity index (χ4v) is 1.69. The highest BCUT2D eigenvalue weighted by molar-refractivity contribution is 5.92. The fourth-order valence-electron chi connectivity index (χ4n) is 1.69. The molecule has 1 atom stereocenters. The molecule has 5 nitrogen and oxygen atoms in total. The highest BCUT2D eigenvalue weighted by Crippen LogP contribution is 2.11. The minimum absolute atomic E-state index is 0.0912. The van der Waals surface area contributed by atoms with Crippen molar-refractivity contribution in [2.75, 3.05) is 0 Å². The zero-order valence-electron chi connectivity index (χ0n) is 10.7. The molecular weight excluding hydrogens is 240 g/mol. The molecule has 98 valence electrons. The van der Waals surface area contributed by atoms with E-state index in [1.807, 2.05) is 19.1 Å². The first-order valence-electron chi connectivity index (χ1n) is 6.06. The summed E-state index contributed by atoms with van der Waals surface area (Å²) in [5, 5.41) is 2.89. The van der Waals surface area contributed by atoms with Gasteiger partial charge in [0.25, 0.3) is 5.91 Å². The molecule has 1 amide bonds. The van der Waals surface area contributed by atoms with Crippen molar-refractivity contribution in [3.63, 3.8) is 0 Å². The predicted octanol–water partition coefficient (Wildman–Crippen LogP) is 1.43. The van der Waals surface area contributed by atoms with Crippen molar-refractivity contribution in [3.05, 3.63) is 59.7 Å². The van der Waals surface area contributed by atoms with E-state index >= 15 is 0 Å². The largest absolute Gasteiger partial charge is 0.344 e. The molecule has 0 spiro atoms. The second kappa shape index (κ2) is 6.06. The van der Waals surface area contributed by atoms with Crippen molar-refractivity contribution in [2.45, 2.75) is 19.5 Å². The van der Waals surface area contributed by atoms with Gasteiger partial charge >= 0.3 is 0 Å². The van der Waals surface area contributed by atoms with Gasteiger partial charge in [-0.1, -0.05) is 6.07 Å². The standard InChI is InChI=1S/C14H16N4O/c1-10(12-4-6-16-7-5-12)18-14(19)13-3-2-11(8-15)9-17-13/h2-7,9-10H,8,15H2,1H3,(H,18,19). The molecule has 0 aliphatic heterocycles. The highest BCUT2D eigenvalue weighted by Gasteiger charge is 2.12. The van der Waals surface area contributed by atoms with Crippen molar-refractivity contribution in [2.24, 2.45) is 5.73 Å². The van der Waals surface area contributed by atoms with Crippen LogP contribution in [0.3, 0.4) is 0 Å². The van der Waals surface area contributed by atoms with Crippen LogP contribution in [0.5, 0.6) is 0 Å². The second-order valence-corrected chi connectivity index (χ2v) is 4.23. The maximum Gasteiger partial charge on any atom is 0.270 e. The van der Waals surface area contributed by atoms with Gasteiger partial charge in [0.15, 0.2) is 0 Å². The van der Waals surface area contributed by atoms with E-state index in [0.717, 1.165) is 11.1 Å². The van der Waals surface area contributed by atoms with Gasteiger partial charge < -0.3 is 11.1 Å². The van der Waals surface area contributed by atoms with Crippen LogP contribution in [0.4, 0.5) is 0 Å². The van der Waals surface area contributed by atoms with Crippen molar-refractivity contribution in [1.82, 2.24) is 15.3 Å². The van der Waals surface area contributed by atoms with E-state index in [0.29, 0.717) is 12.2 Å². The minimum atomic E-state index is -0.201. The summed E-state index contributed by atoms with van der Waals surface area (Å²) in [6.07, 6.45) is 5.02. The van der Waals surface area contributed by atoms with Crippen LogP contribution in [0.25, 0.3) is 0 Å². The van der Waals surface area contributed by atoms with E-state index in [2.05, 4.69) is 15.3 Å². The average molecular weight is 256 g/mol. The number of carbonyl (C=O) groups excluding carboxylic acids is 1. The molecule has 0 radical (unpaired) electrons. The van der Waals surface area contributed by atoms with Gasteiger partial charge in [-0.3, -0.25) is 14.8 Å². The topological polar surface area (TPSA) is 80.9 Å². The van der Waals surface area contributed by atoms with Crippen LogP contribution in [0.1, 0.15) is 34.6 Å². The van der Waals surface area contributed by atoms with Crippen LogP contribution in [0.15, 0.2) is 42.9 Å².